The number of piperidine rings is 1. The summed E-state index contributed by atoms with van der Waals surface area (Å²) in [6.45, 7) is 5.35. The first-order valence-electron chi connectivity index (χ1n) is 10.9. The summed E-state index contributed by atoms with van der Waals surface area (Å²) in [5.41, 5.74) is 2.75. The molecule has 0 spiro atoms. The zero-order valence-corrected chi connectivity index (χ0v) is 19.5. The largest absolute Gasteiger partial charge is 0.495 e. The third-order valence-electron chi connectivity index (χ3n) is 5.56. The molecule has 3 aromatic rings. The van der Waals surface area contributed by atoms with Crippen molar-refractivity contribution in [2.24, 2.45) is 0 Å². The molecule has 0 atom stereocenters. The highest BCUT2D eigenvalue weighted by Crippen LogP contribution is 2.35. The summed E-state index contributed by atoms with van der Waals surface area (Å²) < 4.78 is 19.7. The van der Waals surface area contributed by atoms with E-state index in [1.165, 1.54) is 24.8 Å². The van der Waals surface area contributed by atoms with Crippen LogP contribution in [0.2, 0.25) is 5.02 Å². The van der Waals surface area contributed by atoms with E-state index in [2.05, 4.69) is 32.1 Å². The molecule has 34 heavy (non-hydrogen) atoms. The van der Waals surface area contributed by atoms with Crippen LogP contribution in [0.4, 0.5) is 27.4 Å². The Kier molecular flexibility index (Phi) is 7.27. The predicted molar refractivity (Wildman–Crippen MR) is 134 cm³/mol. The maximum Gasteiger partial charge on any atom is 0.247 e. The number of rotatable bonds is 7. The molecule has 1 aliphatic rings. The summed E-state index contributed by atoms with van der Waals surface area (Å²) >= 11 is 6.35. The summed E-state index contributed by atoms with van der Waals surface area (Å²) in [7, 11) is 1.67. The number of carbonyl (C=O) groups excluding carboxylic acids is 1. The van der Waals surface area contributed by atoms with Crippen LogP contribution in [0.15, 0.2) is 55.3 Å². The van der Waals surface area contributed by atoms with Gasteiger partial charge in [0.15, 0.2) is 0 Å². The van der Waals surface area contributed by atoms with Gasteiger partial charge < -0.3 is 20.3 Å². The van der Waals surface area contributed by atoms with E-state index in [4.69, 9.17) is 16.3 Å². The topological polar surface area (TPSA) is 79.4 Å². The number of nitrogens with one attached hydrogen (secondary N) is 2. The summed E-state index contributed by atoms with van der Waals surface area (Å²) in [5, 5.41) is 5.95. The standard InChI is InChI=1S/C25H25ClFN5O2/c1-3-23(33)30-20-13-16(7-9-19(20)27)24-18(26)15-28-25(31-24)29-17-8-10-22(34-2)21(14-17)32-11-5-4-6-12-32/h3,7-10,13-15H,1,4-6,11-12H2,2H3,(H,30,33)(H,28,29,31). The lowest BCUT2D eigenvalue weighted by Crippen LogP contribution is -2.29. The van der Waals surface area contributed by atoms with Crippen LogP contribution in [0.3, 0.4) is 0 Å². The predicted octanol–water partition coefficient (Wildman–Crippen LogP) is 5.80. The van der Waals surface area contributed by atoms with E-state index in [1.54, 1.807) is 13.2 Å². The average molecular weight is 482 g/mol. The van der Waals surface area contributed by atoms with Crippen molar-refractivity contribution in [3.8, 4) is 17.0 Å². The molecule has 7 nitrogen and oxygen atoms in total. The number of anilines is 4. The van der Waals surface area contributed by atoms with Gasteiger partial charge in [-0.25, -0.2) is 14.4 Å². The Hall–Kier alpha value is -3.65. The highest BCUT2D eigenvalue weighted by Gasteiger charge is 2.17. The van der Waals surface area contributed by atoms with Crippen molar-refractivity contribution in [1.82, 2.24) is 9.97 Å². The van der Waals surface area contributed by atoms with Crippen LogP contribution in [0.25, 0.3) is 11.3 Å². The molecule has 2 N–H and O–H groups in total. The molecule has 1 amide bonds. The lowest BCUT2D eigenvalue weighted by atomic mass is 10.1. The van der Waals surface area contributed by atoms with Crippen LogP contribution >= 0.6 is 11.6 Å². The molecule has 4 rings (SSSR count). The number of methoxy groups -OCH3 is 1. The fourth-order valence-corrected chi connectivity index (χ4v) is 4.06. The van der Waals surface area contributed by atoms with Gasteiger partial charge in [0.1, 0.15) is 11.6 Å². The SMILES string of the molecule is C=CC(=O)Nc1cc(-c2nc(Nc3ccc(OC)c(N4CCCCC4)c3)ncc2Cl)ccc1F. The molecule has 1 saturated heterocycles. The van der Waals surface area contributed by atoms with Crippen molar-refractivity contribution in [3.05, 3.63) is 66.1 Å². The number of hydrogen-bond donors (Lipinski definition) is 2. The summed E-state index contributed by atoms with van der Waals surface area (Å²) in [4.78, 5) is 22.8. The third-order valence-corrected chi connectivity index (χ3v) is 5.84. The molecule has 1 fully saturated rings. The van der Waals surface area contributed by atoms with E-state index >= 15 is 0 Å². The van der Waals surface area contributed by atoms with Crippen LogP contribution in [-0.4, -0.2) is 36.1 Å². The van der Waals surface area contributed by atoms with Crippen molar-refractivity contribution < 1.29 is 13.9 Å². The van der Waals surface area contributed by atoms with Crippen LogP contribution in [-0.2, 0) is 4.79 Å². The minimum absolute atomic E-state index is 0.00733. The maximum atomic E-state index is 14.2. The minimum atomic E-state index is -0.578. The molecular formula is C25H25ClFN5O2. The normalized spacial score (nSPS) is 13.3. The van der Waals surface area contributed by atoms with Gasteiger partial charge in [-0.1, -0.05) is 18.2 Å². The lowest BCUT2D eigenvalue weighted by Gasteiger charge is -2.30. The van der Waals surface area contributed by atoms with Crippen molar-refractivity contribution in [3.63, 3.8) is 0 Å². The number of amides is 1. The molecule has 2 heterocycles. The molecule has 1 aromatic heterocycles. The number of carbonyl (C=O) groups is 1. The first-order chi connectivity index (χ1) is 16.5. The fourth-order valence-electron chi connectivity index (χ4n) is 3.86. The van der Waals surface area contributed by atoms with Crippen molar-refractivity contribution in [2.75, 3.05) is 35.7 Å². The van der Waals surface area contributed by atoms with Crippen molar-refractivity contribution in [2.45, 2.75) is 19.3 Å². The molecule has 0 bridgehead atoms. The van der Waals surface area contributed by atoms with Gasteiger partial charge in [0.2, 0.25) is 11.9 Å². The number of hydrogen-bond acceptors (Lipinski definition) is 6. The van der Waals surface area contributed by atoms with Gasteiger partial charge in [-0.3, -0.25) is 4.79 Å². The van der Waals surface area contributed by atoms with E-state index in [-0.39, 0.29) is 5.69 Å². The Balaban J connectivity index is 1.63. The van der Waals surface area contributed by atoms with Gasteiger partial charge in [-0.05, 0) is 61.7 Å². The van der Waals surface area contributed by atoms with E-state index < -0.39 is 11.7 Å². The average Bonchev–Trinajstić information content (AvgIpc) is 2.87. The van der Waals surface area contributed by atoms with E-state index in [0.717, 1.165) is 49.1 Å². The van der Waals surface area contributed by atoms with Crippen molar-refractivity contribution >= 4 is 40.5 Å². The highest BCUT2D eigenvalue weighted by atomic mass is 35.5. The smallest absolute Gasteiger partial charge is 0.247 e. The molecule has 0 saturated carbocycles. The lowest BCUT2D eigenvalue weighted by molar-refractivity contribution is -0.111. The van der Waals surface area contributed by atoms with E-state index in [0.29, 0.717) is 22.2 Å². The minimum Gasteiger partial charge on any atom is -0.495 e. The Labute approximate surface area is 202 Å². The molecule has 0 aliphatic carbocycles. The first-order valence-corrected chi connectivity index (χ1v) is 11.3. The highest BCUT2D eigenvalue weighted by molar-refractivity contribution is 6.33. The molecule has 0 radical (unpaired) electrons. The van der Waals surface area contributed by atoms with Crippen LogP contribution in [0, 0.1) is 5.82 Å². The van der Waals surface area contributed by atoms with Crippen molar-refractivity contribution in [1.29, 1.82) is 0 Å². The van der Waals surface area contributed by atoms with Crippen LogP contribution in [0.5, 0.6) is 5.75 Å². The molecule has 2 aromatic carbocycles. The second-order valence-corrected chi connectivity index (χ2v) is 8.24. The van der Waals surface area contributed by atoms with Gasteiger partial charge >= 0.3 is 0 Å². The summed E-state index contributed by atoms with van der Waals surface area (Å²) in [6, 6.07) is 10.1. The number of benzene rings is 2. The Bertz CT molecular complexity index is 1210. The zero-order chi connectivity index (χ0) is 24.1. The second kappa shape index (κ2) is 10.5. The van der Waals surface area contributed by atoms with Gasteiger partial charge in [0, 0.05) is 24.3 Å². The van der Waals surface area contributed by atoms with Crippen LogP contribution in [0.1, 0.15) is 19.3 Å². The molecule has 9 heteroatoms. The summed E-state index contributed by atoms with van der Waals surface area (Å²) in [6.07, 6.45) is 6.08. The monoisotopic (exact) mass is 481 g/mol. The molecular weight excluding hydrogens is 457 g/mol. The van der Waals surface area contributed by atoms with Gasteiger partial charge in [-0.15, -0.1) is 0 Å². The number of ether oxygens (including phenoxy) is 1. The maximum absolute atomic E-state index is 14.2. The Morgan fingerprint density at radius 2 is 2.00 bits per heavy atom. The Morgan fingerprint density at radius 3 is 2.74 bits per heavy atom. The quantitative estimate of drug-likeness (QED) is 0.415. The molecule has 176 valence electrons. The number of nitrogens with zero attached hydrogens (tertiary/aromatic N) is 3. The molecule has 1 aliphatic heterocycles. The number of halogens is 2. The first kappa shape index (κ1) is 23.5. The van der Waals surface area contributed by atoms with E-state index in [1.807, 2.05) is 18.2 Å². The van der Waals surface area contributed by atoms with Gasteiger partial charge in [-0.2, -0.15) is 0 Å². The molecule has 0 unspecified atom stereocenters. The zero-order valence-electron chi connectivity index (χ0n) is 18.8. The van der Waals surface area contributed by atoms with Gasteiger partial charge in [0.05, 0.1) is 35.4 Å². The fraction of sp³-hybridized carbons (Fsp3) is 0.240. The third kappa shape index (κ3) is 5.28. The summed E-state index contributed by atoms with van der Waals surface area (Å²) in [5.74, 6) is 0.0443. The Morgan fingerprint density at radius 1 is 1.21 bits per heavy atom. The number of aromatic nitrogens is 2. The van der Waals surface area contributed by atoms with Gasteiger partial charge in [0.25, 0.3) is 0 Å². The van der Waals surface area contributed by atoms with Crippen LogP contribution < -0.4 is 20.3 Å². The van der Waals surface area contributed by atoms with E-state index in [9.17, 15) is 9.18 Å². The second-order valence-electron chi connectivity index (χ2n) is 7.84.